The molecule has 0 saturated carbocycles. The van der Waals surface area contributed by atoms with Crippen LogP contribution in [-0.2, 0) is 13.1 Å². The molecule has 1 atom stereocenters. The van der Waals surface area contributed by atoms with Crippen LogP contribution in [0.5, 0.6) is 0 Å². The number of nitrogens with one attached hydrogen (secondary N) is 1. The molecule has 1 aromatic rings. The van der Waals surface area contributed by atoms with Gasteiger partial charge in [-0.1, -0.05) is 20.8 Å². The zero-order valence-electron chi connectivity index (χ0n) is 10.7. The summed E-state index contributed by atoms with van der Waals surface area (Å²) in [6.07, 6.45) is 2.14. The number of nitrogens with zero attached hydrogens (tertiary/aromatic N) is 1. The van der Waals surface area contributed by atoms with Crippen molar-refractivity contribution in [3.8, 4) is 0 Å². The first-order chi connectivity index (χ1) is 6.95. The number of aromatic nitrogens is 1. The van der Waals surface area contributed by atoms with E-state index in [4.69, 9.17) is 0 Å². The summed E-state index contributed by atoms with van der Waals surface area (Å²) in [5.41, 5.74) is 1.69. The van der Waals surface area contributed by atoms with Gasteiger partial charge < -0.3 is 9.88 Å². The van der Waals surface area contributed by atoms with Gasteiger partial charge in [0.05, 0.1) is 0 Å². The first-order valence-electron chi connectivity index (χ1n) is 5.82. The summed E-state index contributed by atoms with van der Waals surface area (Å²) in [5.74, 6) is 0. The highest BCUT2D eigenvalue weighted by molar-refractivity contribution is 5.07. The van der Waals surface area contributed by atoms with Gasteiger partial charge in [-0.15, -0.1) is 0 Å². The van der Waals surface area contributed by atoms with Crippen molar-refractivity contribution in [2.75, 3.05) is 0 Å². The first kappa shape index (κ1) is 12.3. The Morgan fingerprint density at radius 1 is 1.40 bits per heavy atom. The topological polar surface area (TPSA) is 17.0 Å². The van der Waals surface area contributed by atoms with Crippen molar-refractivity contribution >= 4 is 0 Å². The van der Waals surface area contributed by atoms with E-state index in [9.17, 15) is 0 Å². The fourth-order valence-electron chi connectivity index (χ4n) is 1.48. The molecule has 0 amide bonds. The molecule has 0 bridgehead atoms. The Morgan fingerprint density at radius 2 is 2.07 bits per heavy atom. The third-order valence-electron chi connectivity index (χ3n) is 3.15. The van der Waals surface area contributed by atoms with Gasteiger partial charge in [0.25, 0.3) is 0 Å². The van der Waals surface area contributed by atoms with Crippen molar-refractivity contribution in [1.29, 1.82) is 0 Å². The summed E-state index contributed by atoms with van der Waals surface area (Å²) in [4.78, 5) is 0. The summed E-state index contributed by atoms with van der Waals surface area (Å²) in [5, 5.41) is 3.58. The average Bonchev–Trinajstić information content (AvgIpc) is 2.59. The van der Waals surface area contributed by atoms with Crippen LogP contribution in [0.15, 0.2) is 18.3 Å². The molecule has 0 spiro atoms. The zero-order valence-corrected chi connectivity index (χ0v) is 10.7. The van der Waals surface area contributed by atoms with E-state index in [0.717, 1.165) is 13.1 Å². The van der Waals surface area contributed by atoms with Crippen molar-refractivity contribution in [3.63, 3.8) is 0 Å². The molecule has 1 N–H and O–H groups in total. The van der Waals surface area contributed by atoms with Gasteiger partial charge in [-0.05, 0) is 31.4 Å². The van der Waals surface area contributed by atoms with Crippen LogP contribution in [0.25, 0.3) is 0 Å². The van der Waals surface area contributed by atoms with Crippen molar-refractivity contribution in [2.45, 2.75) is 53.8 Å². The van der Waals surface area contributed by atoms with Crippen molar-refractivity contribution < 1.29 is 0 Å². The van der Waals surface area contributed by atoms with Crippen molar-refractivity contribution in [2.24, 2.45) is 5.41 Å². The van der Waals surface area contributed by atoms with E-state index >= 15 is 0 Å². The van der Waals surface area contributed by atoms with E-state index < -0.39 is 0 Å². The van der Waals surface area contributed by atoms with Gasteiger partial charge in [0.2, 0.25) is 0 Å². The normalized spacial score (nSPS) is 14.2. The molecule has 1 rings (SSSR count). The molecule has 2 heteroatoms. The monoisotopic (exact) mass is 208 g/mol. The summed E-state index contributed by atoms with van der Waals surface area (Å²) in [6, 6.07) is 4.83. The van der Waals surface area contributed by atoms with Crippen LogP contribution in [0.2, 0.25) is 0 Å². The molecule has 0 fully saturated rings. The second-order valence-corrected chi connectivity index (χ2v) is 5.25. The summed E-state index contributed by atoms with van der Waals surface area (Å²) < 4.78 is 2.28. The van der Waals surface area contributed by atoms with E-state index in [1.165, 1.54) is 5.69 Å². The van der Waals surface area contributed by atoms with Crippen molar-refractivity contribution in [1.82, 2.24) is 9.88 Å². The molecule has 15 heavy (non-hydrogen) atoms. The molecule has 86 valence electrons. The Kier molecular flexibility index (Phi) is 3.97. The van der Waals surface area contributed by atoms with E-state index in [-0.39, 0.29) is 0 Å². The largest absolute Gasteiger partial charge is 0.351 e. The Hall–Kier alpha value is -0.760. The number of rotatable bonds is 4. The molecule has 1 heterocycles. The van der Waals surface area contributed by atoms with Gasteiger partial charge in [-0.2, -0.15) is 0 Å². The maximum atomic E-state index is 3.58. The minimum atomic E-state index is 0.323. The quantitative estimate of drug-likeness (QED) is 0.805. The average molecular weight is 208 g/mol. The van der Waals surface area contributed by atoms with E-state index in [1.807, 2.05) is 0 Å². The third-order valence-corrected chi connectivity index (χ3v) is 3.15. The SMILES string of the molecule is CCn1cccc1CNC(C)C(C)(C)C. The Bertz CT molecular complexity index is 294. The number of hydrogen-bond donors (Lipinski definition) is 1. The highest BCUT2D eigenvalue weighted by Crippen LogP contribution is 2.18. The second kappa shape index (κ2) is 4.84. The van der Waals surface area contributed by atoms with Crippen LogP contribution in [0.4, 0.5) is 0 Å². The molecule has 1 aromatic heterocycles. The summed E-state index contributed by atoms with van der Waals surface area (Å²) in [7, 11) is 0. The predicted molar refractivity (Wildman–Crippen MR) is 65.9 cm³/mol. The second-order valence-electron chi connectivity index (χ2n) is 5.25. The summed E-state index contributed by atoms with van der Waals surface area (Å²) in [6.45, 7) is 13.2. The maximum Gasteiger partial charge on any atom is 0.0361 e. The fraction of sp³-hybridized carbons (Fsp3) is 0.692. The maximum absolute atomic E-state index is 3.58. The fourth-order valence-corrected chi connectivity index (χ4v) is 1.48. The Balaban J connectivity index is 2.50. The van der Waals surface area contributed by atoms with Gasteiger partial charge in [0, 0.05) is 31.0 Å². The lowest BCUT2D eigenvalue weighted by Crippen LogP contribution is -2.37. The lowest BCUT2D eigenvalue weighted by molar-refractivity contribution is 0.283. The first-order valence-corrected chi connectivity index (χ1v) is 5.82. The van der Waals surface area contributed by atoms with Gasteiger partial charge in [-0.25, -0.2) is 0 Å². The van der Waals surface area contributed by atoms with Crippen LogP contribution < -0.4 is 5.32 Å². The molecule has 0 aliphatic rings. The summed E-state index contributed by atoms with van der Waals surface area (Å²) >= 11 is 0. The minimum Gasteiger partial charge on any atom is -0.351 e. The third kappa shape index (κ3) is 3.38. The standard InChI is InChI=1S/C13H24N2/c1-6-15-9-7-8-12(15)10-14-11(2)13(3,4)5/h7-9,11,14H,6,10H2,1-5H3. The number of hydrogen-bond acceptors (Lipinski definition) is 1. The highest BCUT2D eigenvalue weighted by Gasteiger charge is 2.19. The van der Waals surface area contributed by atoms with Crippen LogP contribution in [-0.4, -0.2) is 10.6 Å². The molecule has 0 aromatic carbocycles. The van der Waals surface area contributed by atoms with Gasteiger partial charge in [-0.3, -0.25) is 0 Å². The molecule has 0 saturated heterocycles. The van der Waals surface area contributed by atoms with Gasteiger partial charge in [0.1, 0.15) is 0 Å². The molecular weight excluding hydrogens is 184 g/mol. The van der Waals surface area contributed by atoms with Crippen LogP contribution >= 0.6 is 0 Å². The van der Waals surface area contributed by atoms with Gasteiger partial charge in [0.15, 0.2) is 0 Å². The highest BCUT2D eigenvalue weighted by atomic mass is 15.0. The lowest BCUT2D eigenvalue weighted by atomic mass is 9.88. The smallest absolute Gasteiger partial charge is 0.0361 e. The molecule has 0 radical (unpaired) electrons. The van der Waals surface area contributed by atoms with E-state index in [2.05, 4.69) is 62.8 Å². The Morgan fingerprint density at radius 3 is 2.60 bits per heavy atom. The predicted octanol–water partition coefficient (Wildman–Crippen LogP) is 3.03. The van der Waals surface area contributed by atoms with Crippen LogP contribution in [0.1, 0.15) is 40.3 Å². The van der Waals surface area contributed by atoms with Gasteiger partial charge >= 0.3 is 0 Å². The molecule has 2 nitrogen and oxygen atoms in total. The zero-order chi connectivity index (χ0) is 11.5. The van der Waals surface area contributed by atoms with Crippen LogP contribution in [0.3, 0.4) is 0 Å². The molecule has 0 aliphatic carbocycles. The van der Waals surface area contributed by atoms with E-state index in [0.29, 0.717) is 11.5 Å². The Labute approximate surface area is 93.7 Å². The van der Waals surface area contributed by atoms with E-state index in [1.54, 1.807) is 0 Å². The lowest BCUT2D eigenvalue weighted by Gasteiger charge is -2.28. The minimum absolute atomic E-state index is 0.323. The van der Waals surface area contributed by atoms with Crippen molar-refractivity contribution in [3.05, 3.63) is 24.0 Å². The van der Waals surface area contributed by atoms with Crippen LogP contribution in [0, 0.1) is 5.41 Å². The molecule has 1 unspecified atom stereocenters. The molecule has 0 aliphatic heterocycles. The molecular formula is C13H24N2. The number of aryl methyl sites for hydroxylation is 1.